The number of carbonyl (C=O) groups excluding carboxylic acids is 1. The Kier molecular flexibility index (Phi) is 16.7. The lowest BCUT2D eigenvalue weighted by atomic mass is 10.0. The van der Waals surface area contributed by atoms with E-state index in [9.17, 15) is 0 Å². The highest BCUT2D eigenvalue weighted by molar-refractivity contribution is 6.06. The van der Waals surface area contributed by atoms with Crippen LogP contribution >= 0.6 is 0 Å². The van der Waals surface area contributed by atoms with E-state index in [4.69, 9.17) is 20.5 Å². The van der Waals surface area contributed by atoms with Crippen molar-refractivity contribution in [3.8, 4) is 11.8 Å². The molecule has 0 amide bonds. The Morgan fingerprint density at radius 2 is 2.15 bits per heavy atom. The number of nitriles is 1. The first-order chi connectivity index (χ1) is 16.6. The Balaban J connectivity index is 0.00000258. The van der Waals surface area contributed by atoms with Gasteiger partial charge in [-0.2, -0.15) is 10.4 Å². The van der Waals surface area contributed by atoms with E-state index in [0.29, 0.717) is 18.7 Å². The summed E-state index contributed by atoms with van der Waals surface area (Å²) in [7, 11) is 1.76. The molecule has 2 rings (SSSR count). The first-order valence-electron chi connectivity index (χ1n) is 11.2. The van der Waals surface area contributed by atoms with Crippen LogP contribution in [0.15, 0.2) is 77.2 Å². The first kappa shape index (κ1) is 30.2. The Bertz CT molecular complexity index is 965. The molecular weight excluding hydrogens is 426 g/mol. The van der Waals surface area contributed by atoms with E-state index in [1.54, 1.807) is 13.2 Å². The summed E-state index contributed by atoms with van der Waals surface area (Å²) in [4.78, 5) is 12.4. The summed E-state index contributed by atoms with van der Waals surface area (Å²) >= 11 is 0. The molecule has 3 N–H and O–H groups in total. The van der Waals surface area contributed by atoms with Gasteiger partial charge in [0.2, 0.25) is 0 Å². The summed E-state index contributed by atoms with van der Waals surface area (Å²) in [6, 6.07) is 4.09. The van der Waals surface area contributed by atoms with Crippen molar-refractivity contribution >= 4 is 18.1 Å². The molecule has 1 heterocycles. The second-order valence-corrected chi connectivity index (χ2v) is 6.79. The zero-order chi connectivity index (χ0) is 25.8. The van der Waals surface area contributed by atoms with Crippen molar-refractivity contribution in [2.45, 2.75) is 46.6 Å². The Labute approximate surface area is 204 Å². The Hall–Kier alpha value is -3.76. The Morgan fingerprint density at radius 3 is 2.79 bits per heavy atom. The van der Waals surface area contributed by atoms with Crippen molar-refractivity contribution in [2.24, 2.45) is 10.8 Å². The van der Waals surface area contributed by atoms with Crippen LogP contribution in [0, 0.1) is 11.3 Å². The quantitative estimate of drug-likeness (QED) is 0.306. The molecule has 0 aromatic carbocycles. The second-order valence-electron chi connectivity index (χ2n) is 6.79. The number of pyridine rings is 1. The first-order valence-corrected chi connectivity index (χ1v) is 11.2. The van der Waals surface area contributed by atoms with Crippen molar-refractivity contribution in [2.75, 3.05) is 13.6 Å². The van der Waals surface area contributed by atoms with Crippen molar-refractivity contribution in [1.29, 1.82) is 5.26 Å². The van der Waals surface area contributed by atoms with E-state index in [-0.39, 0.29) is 6.10 Å². The van der Waals surface area contributed by atoms with Gasteiger partial charge in [-0.3, -0.25) is 4.98 Å². The van der Waals surface area contributed by atoms with Crippen LogP contribution in [0.3, 0.4) is 0 Å². The molecule has 1 aliphatic rings. The summed E-state index contributed by atoms with van der Waals surface area (Å²) in [6.45, 7) is 10.3. The summed E-state index contributed by atoms with van der Waals surface area (Å²) in [5.74, 6) is 0.694. The number of hydrogen-bond acceptors (Lipinski definition) is 7. The molecule has 1 unspecified atom stereocenters. The monoisotopic (exact) mass is 463 g/mol. The minimum atomic E-state index is -0.130. The van der Waals surface area contributed by atoms with E-state index in [1.165, 1.54) is 0 Å². The highest BCUT2D eigenvalue weighted by Crippen LogP contribution is 2.25. The van der Waals surface area contributed by atoms with Crippen LogP contribution in [0.2, 0.25) is 0 Å². The normalized spacial score (nSPS) is 14.3. The molecule has 182 valence electrons. The van der Waals surface area contributed by atoms with Crippen molar-refractivity contribution in [3.05, 3.63) is 77.7 Å². The predicted molar refractivity (Wildman–Crippen MR) is 141 cm³/mol. The molecule has 0 saturated heterocycles. The van der Waals surface area contributed by atoms with Crippen LogP contribution in [-0.4, -0.2) is 37.2 Å². The second kappa shape index (κ2) is 18.8. The van der Waals surface area contributed by atoms with Gasteiger partial charge in [-0.15, -0.1) is 0 Å². The smallest absolute Gasteiger partial charge is 0.139 e. The molecule has 0 spiro atoms. The van der Waals surface area contributed by atoms with Crippen LogP contribution < -0.4 is 15.9 Å². The molecule has 7 heteroatoms. The third-order valence-corrected chi connectivity index (χ3v) is 4.37. The fourth-order valence-electron chi connectivity index (χ4n) is 2.87. The maximum absolute atomic E-state index is 8.65. The van der Waals surface area contributed by atoms with E-state index in [2.05, 4.69) is 39.8 Å². The molecule has 1 atom stereocenters. The van der Waals surface area contributed by atoms with Crippen LogP contribution in [-0.2, 0) is 4.79 Å². The standard InChI is InChI=1S/C24H29N5O.C2H6.CH2O/c1-18(7-6-12-25)10-11-19(2)30-23-14-22(16-28-17-23)20-8-4-5-9-21(13-20)24(15-26)29-27-3;2*1-2/h5,7-11,13-14,16-17,19,27H,4,6,15,26H2,1-3H3;1-2H3;1H2/b11-10-,18-7-,29-24-;;. The number of nitrogens with zero attached hydrogens (tertiary/aromatic N) is 3. The van der Waals surface area contributed by atoms with E-state index in [1.807, 2.05) is 71.1 Å². The summed E-state index contributed by atoms with van der Waals surface area (Å²) in [5, 5.41) is 12.9. The maximum atomic E-state index is 8.65. The number of hydrazone groups is 1. The van der Waals surface area contributed by atoms with Crippen LogP contribution in [0.5, 0.6) is 5.75 Å². The number of rotatable bonds is 9. The predicted octanol–water partition coefficient (Wildman–Crippen LogP) is 4.91. The highest BCUT2D eigenvalue weighted by Gasteiger charge is 2.10. The molecule has 0 aliphatic heterocycles. The van der Waals surface area contributed by atoms with Gasteiger partial charge in [0.25, 0.3) is 0 Å². The number of nitrogens with one attached hydrogen (secondary N) is 1. The number of hydrogen-bond donors (Lipinski definition) is 2. The van der Waals surface area contributed by atoms with Gasteiger partial charge in [0.1, 0.15) is 18.6 Å². The van der Waals surface area contributed by atoms with Gasteiger partial charge in [0, 0.05) is 25.4 Å². The average Bonchev–Trinajstić information content (AvgIpc) is 3.14. The lowest BCUT2D eigenvalue weighted by molar-refractivity contribution is -0.0979. The zero-order valence-corrected chi connectivity index (χ0v) is 20.9. The van der Waals surface area contributed by atoms with Gasteiger partial charge in [-0.25, -0.2) is 0 Å². The van der Waals surface area contributed by atoms with E-state index >= 15 is 0 Å². The van der Waals surface area contributed by atoms with Crippen LogP contribution in [0.25, 0.3) is 5.57 Å². The largest absolute Gasteiger partial charge is 0.485 e. The van der Waals surface area contributed by atoms with Crippen molar-refractivity contribution in [3.63, 3.8) is 0 Å². The fraction of sp³-hybridized carbons (Fsp3) is 0.333. The molecule has 0 saturated carbocycles. The van der Waals surface area contributed by atoms with Gasteiger partial charge >= 0.3 is 0 Å². The molecule has 1 aromatic rings. The molecule has 0 fully saturated rings. The number of allylic oxidation sites excluding steroid dienone is 8. The molecule has 34 heavy (non-hydrogen) atoms. The SMILES string of the molecule is C=O.CC.CN/N=C(/CN)C1=CC(c2cncc(OC(C)/C=C\C(C)=C/CC#N)c2)=CCC=C1. The molecule has 1 aliphatic carbocycles. The van der Waals surface area contributed by atoms with Gasteiger partial charge < -0.3 is 20.7 Å². The van der Waals surface area contributed by atoms with Crippen molar-refractivity contribution in [1.82, 2.24) is 10.4 Å². The third-order valence-electron chi connectivity index (χ3n) is 4.37. The minimum absolute atomic E-state index is 0.130. The van der Waals surface area contributed by atoms with Crippen LogP contribution in [0.1, 0.15) is 46.1 Å². The number of aromatic nitrogens is 1. The van der Waals surface area contributed by atoms with Gasteiger partial charge in [0.05, 0.1) is 24.4 Å². The summed E-state index contributed by atoms with van der Waals surface area (Å²) in [6.07, 6.45) is 18.8. The van der Waals surface area contributed by atoms with E-state index in [0.717, 1.165) is 34.4 Å². The summed E-state index contributed by atoms with van der Waals surface area (Å²) in [5.41, 5.74) is 13.5. The summed E-state index contributed by atoms with van der Waals surface area (Å²) < 4.78 is 6.01. The molecule has 0 radical (unpaired) electrons. The number of nitrogens with two attached hydrogens (primary N) is 1. The molecule has 1 aromatic heterocycles. The number of carbonyl (C=O) groups is 1. The fourth-order valence-corrected chi connectivity index (χ4v) is 2.87. The molecule has 7 nitrogen and oxygen atoms in total. The zero-order valence-electron chi connectivity index (χ0n) is 20.9. The van der Waals surface area contributed by atoms with Gasteiger partial charge in [-0.1, -0.05) is 49.8 Å². The topological polar surface area (TPSA) is 113 Å². The van der Waals surface area contributed by atoms with Crippen molar-refractivity contribution < 1.29 is 9.53 Å². The maximum Gasteiger partial charge on any atom is 0.139 e. The van der Waals surface area contributed by atoms with Gasteiger partial charge in [0.15, 0.2) is 0 Å². The average molecular weight is 464 g/mol. The molecular formula is C27H37N5O2. The molecule has 0 bridgehead atoms. The number of ether oxygens (including phenoxy) is 1. The lowest BCUT2D eigenvalue weighted by Crippen LogP contribution is -2.18. The Morgan fingerprint density at radius 1 is 1.41 bits per heavy atom. The van der Waals surface area contributed by atoms with E-state index < -0.39 is 0 Å². The van der Waals surface area contributed by atoms with Crippen LogP contribution in [0.4, 0.5) is 0 Å². The van der Waals surface area contributed by atoms with Gasteiger partial charge in [-0.05, 0) is 49.6 Å². The minimum Gasteiger partial charge on any atom is -0.485 e. The third kappa shape index (κ3) is 11.2. The highest BCUT2D eigenvalue weighted by atomic mass is 16.5. The lowest BCUT2D eigenvalue weighted by Gasteiger charge is -2.12.